The quantitative estimate of drug-likeness (QED) is 0.190. The van der Waals surface area contributed by atoms with Crippen molar-refractivity contribution in [1.82, 2.24) is 4.90 Å². The molecule has 6 rings (SSSR count). The van der Waals surface area contributed by atoms with Crippen LogP contribution in [0.1, 0.15) is 31.2 Å². The van der Waals surface area contributed by atoms with Crippen LogP contribution in [-0.4, -0.2) is 55.4 Å². The van der Waals surface area contributed by atoms with Crippen LogP contribution in [0.5, 0.6) is 11.5 Å². The molecule has 0 bridgehead atoms. The zero-order chi connectivity index (χ0) is 29.4. The lowest BCUT2D eigenvalue weighted by Gasteiger charge is -2.50. The molecule has 12 heteroatoms. The molecule has 3 fully saturated rings. The summed E-state index contributed by atoms with van der Waals surface area (Å²) in [7, 11) is 0. The molecule has 1 N–H and O–H groups in total. The molecule has 6 atom stereocenters. The number of rotatable bonds is 5. The Morgan fingerprint density at radius 1 is 1.02 bits per heavy atom. The number of amides is 4. The van der Waals surface area contributed by atoms with Crippen LogP contribution >= 0.6 is 55.1 Å². The number of carbonyl (C=O) groups excluding carboxylic acids is 4. The first-order valence-corrected chi connectivity index (χ1v) is 15.8. The zero-order valence-electron chi connectivity index (χ0n) is 21.7. The van der Waals surface area contributed by atoms with Crippen molar-refractivity contribution in [1.29, 1.82) is 0 Å². The minimum atomic E-state index is -2.01. The van der Waals surface area contributed by atoms with Gasteiger partial charge in [0.05, 0.1) is 29.6 Å². The summed E-state index contributed by atoms with van der Waals surface area (Å²) >= 11 is 21.0. The smallest absolute Gasteiger partial charge is 0.254 e. The number of benzene rings is 2. The third-order valence-corrected chi connectivity index (χ3v) is 11.2. The van der Waals surface area contributed by atoms with E-state index in [-0.39, 0.29) is 47.9 Å². The van der Waals surface area contributed by atoms with E-state index in [1.807, 2.05) is 6.08 Å². The second kappa shape index (κ2) is 10.1. The van der Waals surface area contributed by atoms with E-state index < -0.39 is 51.1 Å². The second-order valence-corrected chi connectivity index (χ2v) is 13.3. The molecule has 4 amide bonds. The number of carbonyl (C=O) groups is 4. The Morgan fingerprint density at radius 2 is 1.73 bits per heavy atom. The molecule has 0 radical (unpaired) electrons. The first kappa shape index (κ1) is 28.7. The number of ether oxygens (including phenoxy) is 1. The molecule has 0 spiro atoms. The number of alkyl halides is 3. The Balaban J connectivity index is 1.53. The predicted octanol–water partition coefficient (Wildman–Crippen LogP) is 5.47. The molecule has 214 valence electrons. The maximum absolute atomic E-state index is 14.0. The number of phenolic OH excluding ortho intramolecular Hbond substituents is 1. The normalized spacial score (nSPS) is 32.6. The van der Waals surface area contributed by atoms with Crippen molar-refractivity contribution < 1.29 is 29.0 Å². The van der Waals surface area contributed by atoms with Crippen LogP contribution in [0.15, 0.2) is 58.6 Å². The summed E-state index contributed by atoms with van der Waals surface area (Å²) in [5.41, 5.74) is 1.16. The SMILES string of the molecule is CCOc1cccc(C2C3=CCC4C(=O)N(c5ccc(Br)cc5)C(=O)C4C3CC3(Cl)C(=O)N(CBr)C(=O)C23Cl)c1O. The second-order valence-electron chi connectivity index (χ2n) is 10.6. The molecule has 2 aliphatic heterocycles. The number of anilines is 1. The van der Waals surface area contributed by atoms with Crippen LogP contribution in [0.2, 0.25) is 0 Å². The van der Waals surface area contributed by atoms with Crippen molar-refractivity contribution in [2.45, 2.75) is 35.4 Å². The summed E-state index contributed by atoms with van der Waals surface area (Å²) in [5, 5.41) is 11.3. The lowest BCUT2D eigenvalue weighted by molar-refractivity contribution is -0.138. The van der Waals surface area contributed by atoms with Gasteiger partial charge in [0.2, 0.25) is 11.8 Å². The Bertz CT molecular complexity index is 1530. The Morgan fingerprint density at radius 3 is 2.39 bits per heavy atom. The van der Waals surface area contributed by atoms with Gasteiger partial charge in [-0.1, -0.05) is 55.6 Å². The molecule has 2 saturated heterocycles. The van der Waals surface area contributed by atoms with Gasteiger partial charge in [-0.3, -0.25) is 29.0 Å². The van der Waals surface area contributed by atoms with Gasteiger partial charge >= 0.3 is 0 Å². The number of likely N-dealkylation sites (tertiary alicyclic amines) is 1. The minimum Gasteiger partial charge on any atom is -0.504 e. The molecule has 2 aromatic carbocycles. The molecular weight excluding hydrogens is 703 g/mol. The van der Waals surface area contributed by atoms with Crippen molar-refractivity contribution >= 4 is 84.4 Å². The molecule has 41 heavy (non-hydrogen) atoms. The van der Waals surface area contributed by atoms with E-state index in [1.165, 1.54) is 4.90 Å². The molecule has 6 unspecified atom stereocenters. The fourth-order valence-electron chi connectivity index (χ4n) is 6.99. The maximum atomic E-state index is 14.0. The molecule has 1 saturated carbocycles. The lowest BCUT2D eigenvalue weighted by atomic mass is 9.56. The number of imide groups is 2. The summed E-state index contributed by atoms with van der Waals surface area (Å²) in [6, 6.07) is 11.7. The van der Waals surface area contributed by atoms with E-state index in [4.69, 9.17) is 27.9 Å². The van der Waals surface area contributed by atoms with Crippen molar-refractivity contribution in [3.8, 4) is 11.5 Å². The van der Waals surface area contributed by atoms with E-state index in [9.17, 15) is 24.3 Å². The highest BCUT2D eigenvalue weighted by Crippen LogP contribution is 2.66. The van der Waals surface area contributed by atoms with Crippen molar-refractivity contribution in [2.75, 3.05) is 17.0 Å². The van der Waals surface area contributed by atoms with E-state index >= 15 is 0 Å². The first-order valence-electron chi connectivity index (χ1n) is 13.1. The number of halogens is 4. The van der Waals surface area contributed by atoms with Gasteiger partial charge in [-0.25, -0.2) is 0 Å². The summed E-state index contributed by atoms with van der Waals surface area (Å²) in [5.74, 6) is -5.45. The molecule has 0 aromatic heterocycles. The van der Waals surface area contributed by atoms with Crippen LogP contribution in [0.3, 0.4) is 0 Å². The van der Waals surface area contributed by atoms with Gasteiger partial charge in [0.1, 0.15) is 0 Å². The average molecular weight is 727 g/mol. The standard InChI is InChI=1S/C29H24Br2Cl2N2O6/c1-2-41-20-5-3-4-18(23(20)36)22-16-10-11-17-21(25(38)35(24(17)37)15-8-6-14(31)7-9-15)19(16)12-28(32)26(39)34(13-30)27(40)29(22,28)33/h3-10,17,19,21-22,36H,2,11-13H2,1H3. The third kappa shape index (κ3) is 3.83. The highest BCUT2D eigenvalue weighted by atomic mass is 79.9. The van der Waals surface area contributed by atoms with E-state index in [1.54, 1.807) is 49.4 Å². The van der Waals surface area contributed by atoms with E-state index in [2.05, 4.69) is 31.9 Å². The van der Waals surface area contributed by atoms with Gasteiger partial charge in [0.15, 0.2) is 21.2 Å². The predicted molar refractivity (Wildman–Crippen MR) is 159 cm³/mol. The number of allylic oxidation sites excluding steroid dienone is 2. The number of hydrogen-bond donors (Lipinski definition) is 1. The van der Waals surface area contributed by atoms with Crippen LogP contribution in [-0.2, 0) is 19.2 Å². The summed E-state index contributed by atoms with van der Waals surface area (Å²) in [6.07, 6.45) is 1.92. The molecule has 2 aliphatic carbocycles. The zero-order valence-corrected chi connectivity index (χ0v) is 26.3. The minimum absolute atomic E-state index is 0.129. The number of aromatic hydroxyl groups is 1. The van der Waals surface area contributed by atoms with Gasteiger partial charge in [0, 0.05) is 16.0 Å². The van der Waals surface area contributed by atoms with Crippen molar-refractivity contribution in [3.63, 3.8) is 0 Å². The average Bonchev–Trinajstić information content (AvgIpc) is 3.28. The van der Waals surface area contributed by atoms with Crippen LogP contribution in [0, 0.1) is 17.8 Å². The number of phenols is 1. The maximum Gasteiger partial charge on any atom is 0.254 e. The van der Waals surface area contributed by atoms with Gasteiger partial charge in [-0.2, -0.15) is 0 Å². The van der Waals surface area contributed by atoms with Gasteiger partial charge in [-0.15, -0.1) is 23.2 Å². The van der Waals surface area contributed by atoms with Crippen molar-refractivity contribution in [2.24, 2.45) is 17.8 Å². The monoisotopic (exact) mass is 724 g/mol. The molecule has 4 aliphatic rings. The fraction of sp³-hybridized carbons (Fsp3) is 0.379. The number of fused-ring (bicyclic) bond motifs is 4. The Kier molecular flexibility index (Phi) is 7.08. The Labute approximate surface area is 262 Å². The summed E-state index contributed by atoms with van der Waals surface area (Å²) in [4.78, 5) is 53.5. The van der Waals surface area contributed by atoms with Gasteiger partial charge < -0.3 is 9.84 Å². The summed E-state index contributed by atoms with van der Waals surface area (Å²) in [6.45, 7) is 2.05. The van der Waals surface area contributed by atoms with E-state index in [0.717, 1.165) is 9.37 Å². The molecule has 2 heterocycles. The molecule has 8 nitrogen and oxygen atoms in total. The van der Waals surface area contributed by atoms with Crippen LogP contribution < -0.4 is 9.64 Å². The molecular formula is C29H24Br2Cl2N2O6. The van der Waals surface area contributed by atoms with Gasteiger partial charge in [0.25, 0.3) is 11.8 Å². The van der Waals surface area contributed by atoms with Gasteiger partial charge in [-0.05, 0) is 56.0 Å². The summed E-state index contributed by atoms with van der Waals surface area (Å²) < 4.78 is 6.41. The van der Waals surface area contributed by atoms with Crippen molar-refractivity contribution in [3.05, 3.63) is 64.1 Å². The highest BCUT2D eigenvalue weighted by molar-refractivity contribution is 9.10. The molecule has 2 aromatic rings. The number of hydrogen-bond acceptors (Lipinski definition) is 6. The number of para-hydroxylation sites is 1. The lowest BCUT2D eigenvalue weighted by Crippen LogP contribution is -2.60. The van der Waals surface area contributed by atoms with Crippen LogP contribution in [0.4, 0.5) is 5.69 Å². The largest absolute Gasteiger partial charge is 0.504 e. The third-order valence-electron chi connectivity index (χ3n) is 8.74. The first-order chi connectivity index (χ1) is 19.5. The highest BCUT2D eigenvalue weighted by Gasteiger charge is 2.76. The Hall–Kier alpha value is -2.40. The topological polar surface area (TPSA) is 104 Å². The fourth-order valence-corrected chi connectivity index (χ4v) is 8.67. The van der Waals surface area contributed by atoms with Crippen LogP contribution in [0.25, 0.3) is 0 Å². The number of nitrogens with zero attached hydrogens (tertiary/aromatic N) is 2. The van der Waals surface area contributed by atoms with E-state index in [0.29, 0.717) is 11.3 Å².